The van der Waals surface area contributed by atoms with Gasteiger partial charge in [0.2, 0.25) is 5.91 Å². The normalized spacial score (nSPS) is 11.9. The lowest BCUT2D eigenvalue weighted by Gasteiger charge is -2.12. The number of carbonyl (C=O) groups excluding carboxylic acids is 1. The number of hydrogen-bond donors (Lipinski definition) is 3. The maximum Gasteiger partial charge on any atom is 0.221 e. The van der Waals surface area contributed by atoms with E-state index < -0.39 is 0 Å². The standard InChI is InChI=1S/C13H21N3O/c1-3-10(2)16-13(17)8-9-15-12-6-4-11(14)5-7-12/h4-7,10,15H,3,8-9,14H2,1-2H3,(H,16,17). The molecule has 1 unspecified atom stereocenters. The second-order valence-electron chi connectivity index (χ2n) is 4.18. The molecule has 0 aromatic heterocycles. The molecule has 1 atom stereocenters. The average Bonchev–Trinajstić information content (AvgIpc) is 2.31. The molecule has 0 aliphatic rings. The van der Waals surface area contributed by atoms with Crippen LogP contribution in [0.25, 0.3) is 0 Å². The first-order valence-corrected chi connectivity index (χ1v) is 6.00. The Morgan fingerprint density at radius 2 is 2.00 bits per heavy atom. The van der Waals surface area contributed by atoms with Crippen molar-refractivity contribution in [2.45, 2.75) is 32.7 Å². The summed E-state index contributed by atoms with van der Waals surface area (Å²) in [5.41, 5.74) is 7.30. The highest BCUT2D eigenvalue weighted by Crippen LogP contribution is 2.10. The molecule has 17 heavy (non-hydrogen) atoms. The van der Waals surface area contributed by atoms with Gasteiger partial charge in [0, 0.05) is 30.4 Å². The van der Waals surface area contributed by atoms with Gasteiger partial charge in [0.05, 0.1) is 0 Å². The zero-order valence-corrected chi connectivity index (χ0v) is 10.5. The lowest BCUT2D eigenvalue weighted by Crippen LogP contribution is -2.32. The van der Waals surface area contributed by atoms with Crippen LogP contribution in [0.4, 0.5) is 11.4 Å². The molecular weight excluding hydrogens is 214 g/mol. The summed E-state index contributed by atoms with van der Waals surface area (Å²) < 4.78 is 0. The van der Waals surface area contributed by atoms with E-state index in [1.54, 1.807) is 0 Å². The van der Waals surface area contributed by atoms with Gasteiger partial charge in [0.25, 0.3) is 0 Å². The predicted octanol–water partition coefficient (Wildman–Crippen LogP) is 1.99. The SMILES string of the molecule is CCC(C)NC(=O)CCNc1ccc(N)cc1. The van der Waals surface area contributed by atoms with Gasteiger partial charge in [0.15, 0.2) is 0 Å². The number of benzene rings is 1. The monoisotopic (exact) mass is 235 g/mol. The Labute approximate surface area is 103 Å². The van der Waals surface area contributed by atoms with Crippen LogP contribution in [0.5, 0.6) is 0 Å². The molecule has 0 radical (unpaired) electrons. The van der Waals surface area contributed by atoms with Crippen molar-refractivity contribution in [3.8, 4) is 0 Å². The van der Waals surface area contributed by atoms with Crippen LogP contribution in [0.2, 0.25) is 0 Å². The molecule has 1 rings (SSSR count). The lowest BCUT2D eigenvalue weighted by atomic mass is 10.2. The average molecular weight is 235 g/mol. The van der Waals surface area contributed by atoms with Crippen LogP contribution in [-0.4, -0.2) is 18.5 Å². The molecule has 1 aromatic carbocycles. The minimum absolute atomic E-state index is 0.0855. The largest absolute Gasteiger partial charge is 0.399 e. The fourth-order valence-corrected chi connectivity index (χ4v) is 1.37. The van der Waals surface area contributed by atoms with Crippen molar-refractivity contribution in [2.24, 2.45) is 0 Å². The van der Waals surface area contributed by atoms with Crippen molar-refractivity contribution >= 4 is 17.3 Å². The summed E-state index contributed by atoms with van der Waals surface area (Å²) in [6, 6.07) is 7.73. The van der Waals surface area contributed by atoms with E-state index >= 15 is 0 Å². The summed E-state index contributed by atoms with van der Waals surface area (Å²) in [5.74, 6) is 0.0855. The van der Waals surface area contributed by atoms with Crippen molar-refractivity contribution in [3.63, 3.8) is 0 Å². The van der Waals surface area contributed by atoms with E-state index in [9.17, 15) is 4.79 Å². The van der Waals surface area contributed by atoms with Crippen LogP contribution < -0.4 is 16.4 Å². The highest BCUT2D eigenvalue weighted by atomic mass is 16.1. The van der Waals surface area contributed by atoms with E-state index in [1.807, 2.05) is 31.2 Å². The Hall–Kier alpha value is -1.71. The fraction of sp³-hybridized carbons (Fsp3) is 0.462. The van der Waals surface area contributed by atoms with Crippen molar-refractivity contribution in [2.75, 3.05) is 17.6 Å². The quantitative estimate of drug-likeness (QED) is 0.660. The Bertz CT molecular complexity index is 348. The molecule has 4 nitrogen and oxygen atoms in total. The molecule has 4 heteroatoms. The second-order valence-corrected chi connectivity index (χ2v) is 4.18. The summed E-state index contributed by atoms with van der Waals surface area (Å²) in [6.45, 7) is 4.69. The predicted molar refractivity (Wildman–Crippen MR) is 71.9 cm³/mol. The molecule has 0 spiro atoms. The molecule has 0 bridgehead atoms. The number of rotatable bonds is 6. The van der Waals surface area contributed by atoms with Crippen molar-refractivity contribution in [3.05, 3.63) is 24.3 Å². The zero-order chi connectivity index (χ0) is 12.7. The highest BCUT2D eigenvalue weighted by molar-refractivity contribution is 5.76. The number of nitrogen functional groups attached to an aromatic ring is 1. The molecule has 1 aromatic rings. The van der Waals surface area contributed by atoms with Gasteiger partial charge in [-0.05, 0) is 37.6 Å². The minimum Gasteiger partial charge on any atom is -0.399 e. The van der Waals surface area contributed by atoms with Gasteiger partial charge in [-0.1, -0.05) is 6.92 Å². The van der Waals surface area contributed by atoms with E-state index in [0.717, 1.165) is 17.8 Å². The van der Waals surface area contributed by atoms with E-state index in [-0.39, 0.29) is 11.9 Å². The van der Waals surface area contributed by atoms with Crippen LogP contribution in [0.3, 0.4) is 0 Å². The van der Waals surface area contributed by atoms with Crippen molar-refractivity contribution in [1.82, 2.24) is 5.32 Å². The van der Waals surface area contributed by atoms with Crippen LogP contribution in [0, 0.1) is 0 Å². The van der Waals surface area contributed by atoms with Crippen LogP contribution >= 0.6 is 0 Å². The summed E-state index contributed by atoms with van der Waals surface area (Å²) in [6.07, 6.45) is 1.44. The molecule has 0 heterocycles. The smallest absolute Gasteiger partial charge is 0.221 e. The third-order valence-corrected chi connectivity index (χ3v) is 2.61. The lowest BCUT2D eigenvalue weighted by molar-refractivity contribution is -0.121. The van der Waals surface area contributed by atoms with Gasteiger partial charge in [-0.3, -0.25) is 4.79 Å². The Morgan fingerprint density at radius 1 is 1.35 bits per heavy atom. The van der Waals surface area contributed by atoms with E-state index in [2.05, 4.69) is 17.6 Å². The van der Waals surface area contributed by atoms with E-state index in [1.165, 1.54) is 0 Å². The third-order valence-electron chi connectivity index (χ3n) is 2.61. The zero-order valence-electron chi connectivity index (χ0n) is 10.5. The minimum atomic E-state index is 0.0855. The van der Waals surface area contributed by atoms with Crippen molar-refractivity contribution in [1.29, 1.82) is 0 Å². The molecule has 0 saturated carbocycles. The number of amides is 1. The van der Waals surface area contributed by atoms with Crippen LogP contribution in [-0.2, 0) is 4.79 Å². The molecule has 0 aliphatic carbocycles. The maximum absolute atomic E-state index is 11.5. The van der Waals surface area contributed by atoms with Crippen LogP contribution in [0.1, 0.15) is 26.7 Å². The summed E-state index contributed by atoms with van der Waals surface area (Å²) in [5, 5.41) is 6.10. The first kappa shape index (κ1) is 13.4. The number of anilines is 2. The van der Waals surface area contributed by atoms with Gasteiger partial charge >= 0.3 is 0 Å². The number of nitrogens with one attached hydrogen (secondary N) is 2. The van der Waals surface area contributed by atoms with Gasteiger partial charge in [-0.2, -0.15) is 0 Å². The summed E-state index contributed by atoms with van der Waals surface area (Å²) in [4.78, 5) is 11.5. The van der Waals surface area contributed by atoms with Gasteiger partial charge < -0.3 is 16.4 Å². The van der Waals surface area contributed by atoms with Gasteiger partial charge in [-0.25, -0.2) is 0 Å². The van der Waals surface area contributed by atoms with Gasteiger partial charge in [0.1, 0.15) is 0 Å². The Morgan fingerprint density at radius 3 is 2.59 bits per heavy atom. The molecule has 0 fully saturated rings. The first-order valence-electron chi connectivity index (χ1n) is 6.00. The number of hydrogen-bond acceptors (Lipinski definition) is 3. The van der Waals surface area contributed by atoms with Gasteiger partial charge in [-0.15, -0.1) is 0 Å². The maximum atomic E-state index is 11.5. The highest BCUT2D eigenvalue weighted by Gasteiger charge is 2.04. The number of nitrogens with two attached hydrogens (primary N) is 1. The Kier molecular flexibility index (Phi) is 5.33. The summed E-state index contributed by atoms with van der Waals surface area (Å²) >= 11 is 0. The molecule has 4 N–H and O–H groups in total. The van der Waals surface area contributed by atoms with Crippen LogP contribution in [0.15, 0.2) is 24.3 Å². The molecule has 0 aliphatic heterocycles. The Balaban J connectivity index is 2.23. The molecule has 0 saturated heterocycles. The second kappa shape index (κ2) is 6.78. The van der Waals surface area contributed by atoms with Crippen molar-refractivity contribution < 1.29 is 4.79 Å². The van der Waals surface area contributed by atoms with E-state index in [0.29, 0.717) is 13.0 Å². The molecule has 94 valence electrons. The topological polar surface area (TPSA) is 67.2 Å². The molecular formula is C13H21N3O. The molecule has 1 amide bonds. The first-order chi connectivity index (χ1) is 8.11. The fourth-order valence-electron chi connectivity index (χ4n) is 1.37. The number of carbonyl (C=O) groups is 1. The third kappa shape index (κ3) is 5.24. The van der Waals surface area contributed by atoms with E-state index in [4.69, 9.17) is 5.73 Å². The summed E-state index contributed by atoms with van der Waals surface area (Å²) in [7, 11) is 0.